The minimum absolute atomic E-state index is 0.0160. The molecule has 15 heavy (non-hydrogen) atoms. The highest BCUT2D eigenvalue weighted by Crippen LogP contribution is 2.14. The fraction of sp³-hybridized carbons (Fsp3) is 0.200. The molecule has 0 amide bonds. The Hall–Kier alpha value is -1.75. The number of benzene rings is 1. The highest BCUT2D eigenvalue weighted by molar-refractivity contribution is 5.35. The van der Waals surface area contributed by atoms with Gasteiger partial charge in [-0.2, -0.15) is 5.10 Å². The summed E-state index contributed by atoms with van der Waals surface area (Å²) in [4.78, 5) is 3.74. The predicted octanol–water partition coefficient (Wildman–Crippen LogP) is 0.941. The Labute approximate surface area is 86.0 Å². The number of rotatable bonds is 3. The largest absolute Gasteiger partial charge is 0.396 e. The third-order valence-corrected chi connectivity index (χ3v) is 2.08. The number of nitrogens with zero attached hydrogens (tertiary/aromatic N) is 3. The van der Waals surface area contributed by atoms with Crippen molar-refractivity contribution in [2.75, 3.05) is 6.61 Å². The normalized spacial score (nSPS) is 10.5. The second-order valence-corrected chi connectivity index (χ2v) is 3.10. The summed E-state index contributed by atoms with van der Waals surface area (Å²) in [5, 5.41) is 12.6. The zero-order valence-corrected chi connectivity index (χ0v) is 7.97. The molecule has 1 N–H and O–H groups in total. The van der Waals surface area contributed by atoms with Crippen molar-refractivity contribution in [2.24, 2.45) is 0 Å². The molecule has 0 unspecified atom stereocenters. The van der Waals surface area contributed by atoms with Gasteiger partial charge in [-0.05, 0) is 24.1 Å². The molecule has 78 valence electrons. The minimum atomic E-state index is -0.369. The summed E-state index contributed by atoms with van der Waals surface area (Å²) >= 11 is 0. The average Bonchev–Trinajstić information content (AvgIpc) is 2.71. The van der Waals surface area contributed by atoms with Gasteiger partial charge in [-0.25, -0.2) is 14.1 Å². The molecule has 0 bridgehead atoms. The second kappa shape index (κ2) is 4.18. The van der Waals surface area contributed by atoms with E-state index in [1.54, 1.807) is 12.1 Å². The molecular weight excluding hydrogens is 197 g/mol. The molecule has 0 saturated heterocycles. The van der Waals surface area contributed by atoms with E-state index in [4.69, 9.17) is 5.11 Å². The Kier molecular flexibility index (Phi) is 2.73. The second-order valence-electron chi connectivity index (χ2n) is 3.10. The molecular formula is C10H10FN3O. The van der Waals surface area contributed by atoms with Gasteiger partial charge in [-0.1, -0.05) is 6.07 Å². The highest BCUT2D eigenvalue weighted by atomic mass is 19.1. The Morgan fingerprint density at radius 3 is 2.87 bits per heavy atom. The number of hydrogen-bond acceptors (Lipinski definition) is 3. The van der Waals surface area contributed by atoms with E-state index in [1.165, 1.54) is 23.4 Å². The highest BCUT2D eigenvalue weighted by Gasteiger charge is 2.05. The van der Waals surface area contributed by atoms with Crippen LogP contribution in [0.2, 0.25) is 0 Å². The van der Waals surface area contributed by atoms with Gasteiger partial charge >= 0.3 is 0 Å². The van der Waals surface area contributed by atoms with Crippen molar-refractivity contribution in [2.45, 2.75) is 6.42 Å². The first-order valence-corrected chi connectivity index (χ1v) is 4.55. The predicted molar refractivity (Wildman–Crippen MR) is 52.1 cm³/mol. The first-order valence-electron chi connectivity index (χ1n) is 4.55. The molecule has 1 aromatic carbocycles. The van der Waals surface area contributed by atoms with Gasteiger partial charge in [0.25, 0.3) is 0 Å². The Balaban J connectivity index is 2.35. The van der Waals surface area contributed by atoms with Crippen LogP contribution in [-0.4, -0.2) is 26.5 Å². The maximum Gasteiger partial charge on any atom is 0.149 e. The molecule has 5 heteroatoms. The summed E-state index contributed by atoms with van der Waals surface area (Å²) < 4.78 is 14.9. The lowest BCUT2D eigenvalue weighted by Gasteiger charge is -2.04. The monoisotopic (exact) mass is 207 g/mol. The van der Waals surface area contributed by atoms with Gasteiger partial charge in [-0.15, -0.1) is 0 Å². The maximum absolute atomic E-state index is 13.6. The lowest BCUT2D eigenvalue weighted by Crippen LogP contribution is -2.00. The van der Waals surface area contributed by atoms with Gasteiger partial charge in [0, 0.05) is 6.61 Å². The van der Waals surface area contributed by atoms with E-state index in [1.807, 2.05) is 0 Å². The van der Waals surface area contributed by atoms with Crippen molar-refractivity contribution in [3.05, 3.63) is 42.2 Å². The van der Waals surface area contributed by atoms with Crippen LogP contribution in [0.15, 0.2) is 30.9 Å². The molecule has 0 aliphatic rings. The van der Waals surface area contributed by atoms with Gasteiger partial charge in [0.1, 0.15) is 24.2 Å². The van der Waals surface area contributed by atoms with Crippen LogP contribution in [0, 0.1) is 5.82 Å². The number of aliphatic hydroxyl groups is 1. The topological polar surface area (TPSA) is 50.9 Å². The molecule has 0 fully saturated rings. The van der Waals surface area contributed by atoms with Gasteiger partial charge in [0.05, 0.1) is 0 Å². The van der Waals surface area contributed by atoms with E-state index in [9.17, 15) is 4.39 Å². The van der Waals surface area contributed by atoms with Crippen LogP contribution in [0.3, 0.4) is 0 Å². The molecule has 4 nitrogen and oxygen atoms in total. The van der Waals surface area contributed by atoms with Crippen molar-refractivity contribution >= 4 is 0 Å². The van der Waals surface area contributed by atoms with E-state index < -0.39 is 0 Å². The number of hydrogen-bond donors (Lipinski definition) is 1. The summed E-state index contributed by atoms with van der Waals surface area (Å²) in [6, 6.07) is 4.78. The summed E-state index contributed by atoms with van der Waals surface area (Å²) in [7, 11) is 0. The van der Waals surface area contributed by atoms with Crippen molar-refractivity contribution in [1.29, 1.82) is 0 Å². The Morgan fingerprint density at radius 2 is 2.27 bits per heavy atom. The SMILES string of the molecule is OCCc1ccc(-n2cncn2)c(F)c1. The summed E-state index contributed by atoms with van der Waals surface area (Å²) in [5.74, 6) is -0.369. The third-order valence-electron chi connectivity index (χ3n) is 2.08. The van der Waals surface area contributed by atoms with Gasteiger partial charge in [0.2, 0.25) is 0 Å². The summed E-state index contributed by atoms with van der Waals surface area (Å²) in [6.45, 7) is 0.0160. The molecule has 0 aliphatic carbocycles. The molecule has 0 saturated carbocycles. The van der Waals surface area contributed by atoms with Crippen molar-refractivity contribution in [1.82, 2.24) is 14.8 Å². The van der Waals surface area contributed by atoms with Crippen LogP contribution in [0.25, 0.3) is 5.69 Å². The molecule has 0 atom stereocenters. The summed E-state index contributed by atoms with van der Waals surface area (Å²) in [6.07, 6.45) is 3.24. The summed E-state index contributed by atoms with van der Waals surface area (Å²) in [5.41, 5.74) is 1.12. The van der Waals surface area contributed by atoms with Gasteiger partial charge in [-0.3, -0.25) is 0 Å². The van der Waals surface area contributed by atoms with Crippen LogP contribution in [0.1, 0.15) is 5.56 Å². The lowest BCUT2D eigenvalue weighted by molar-refractivity contribution is 0.299. The first kappa shape index (κ1) is 9.79. The standard InChI is InChI=1S/C10H10FN3O/c11-9-5-8(3-4-15)1-2-10(9)14-7-12-6-13-14/h1-2,5-7,15H,3-4H2. The first-order chi connectivity index (χ1) is 7.31. The molecule has 2 rings (SSSR count). The van der Waals surface area contributed by atoms with Crippen LogP contribution >= 0.6 is 0 Å². The fourth-order valence-electron chi connectivity index (χ4n) is 1.35. The molecule has 0 radical (unpaired) electrons. The maximum atomic E-state index is 13.6. The van der Waals surface area contributed by atoms with Crippen LogP contribution in [0.5, 0.6) is 0 Å². The zero-order valence-electron chi connectivity index (χ0n) is 7.97. The van der Waals surface area contributed by atoms with E-state index >= 15 is 0 Å². The number of aromatic nitrogens is 3. The minimum Gasteiger partial charge on any atom is -0.396 e. The van der Waals surface area contributed by atoms with E-state index in [0.29, 0.717) is 12.1 Å². The molecule has 1 aromatic heterocycles. The molecule has 2 aromatic rings. The van der Waals surface area contributed by atoms with Crippen molar-refractivity contribution in [3.63, 3.8) is 0 Å². The zero-order chi connectivity index (χ0) is 10.7. The van der Waals surface area contributed by atoms with Crippen LogP contribution < -0.4 is 0 Å². The smallest absolute Gasteiger partial charge is 0.149 e. The van der Waals surface area contributed by atoms with E-state index in [2.05, 4.69) is 10.1 Å². The van der Waals surface area contributed by atoms with Crippen LogP contribution in [-0.2, 0) is 6.42 Å². The van der Waals surface area contributed by atoms with Gasteiger partial charge < -0.3 is 5.11 Å². The fourth-order valence-corrected chi connectivity index (χ4v) is 1.35. The van der Waals surface area contributed by atoms with E-state index in [0.717, 1.165) is 5.56 Å². The third kappa shape index (κ3) is 2.02. The molecule has 1 heterocycles. The lowest BCUT2D eigenvalue weighted by atomic mass is 10.1. The molecule has 0 aliphatic heterocycles. The van der Waals surface area contributed by atoms with Crippen molar-refractivity contribution in [3.8, 4) is 5.69 Å². The van der Waals surface area contributed by atoms with Crippen LogP contribution in [0.4, 0.5) is 4.39 Å². The Bertz CT molecular complexity index is 442. The Morgan fingerprint density at radius 1 is 1.40 bits per heavy atom. The average molecular weight is 207 g/mol. The number of halogens is 1. The quantitative estimate of drug-likeness (QED) is 0.814. The van der Waals surface area contributed by atoms with Crippen molar-refractivity contribution < 1.29 is 9.50 Å². The number of aliphatic hydroxyl groups excluding tert-OH is 1. The van der Waals surface area contributed by atoms with Gasteiger partial charge in [0.15, 0.2) is 0 Å². The molecule has 0 spiro atoms. The van der Waals surface area contributed by atoms with E-state index in [-0.39, 0.29) is 12.4 Å².